The molecule has 0 bridgehead atoms. The summed E-state index contributed by atoms with van der Waals surface area (Å²) in [5.74, 6) is 0.414. The van der Waals surface area contributed by atoms with Crippen LogP contribution in [0.15, 0.2) is 60.8 Å². The van der Waals surface area contributed by atoms with Crippen LogP contribution in [-0.2, 0) is 4.79 Å². The van der Waals surface area contributed by atoms with Gasteiger partial charge < -0.3 is 19.3 Å². The van der Waals surface area contributed by atoms with Crippen LogP contribution in [-0.4, -0.2) is 49.9 Å². The van der Waals surface area contributed by atoms with Gasteiger partial charge in [0.25, 0.3) is 0 Å². The van der Waals surface area contributed by atoms with Crippen molar-refractivity contribution < 1.29 is 24.1 Å². The first-order chi connectivity index (χ1) is 16.3. The van der Waals surface area contributed by atoms with E-state index in [1.807, 2.05) is 24.3 Å². The second-order valence-corrected chi connectivity index (χ2v) is 8.33. The van der Waals surface area contributed by atoms with Crippen molar-refractivity contribution in [2.24, 2.45) is 0 Å². The van der Waals surface area contributed by atoms with Gasteiger partial charge >= 0.3 is 5.97 Å². The summed E-state index contributed by atoms with van der Waals surface area (Å²) < 4.78 is 17.1. The second kappa shape index (κ2) is 9.96. The van der Waals surface area contributed by atoms with E-state index in [1.165, 1.54) is 24.8 Å². The van der Waals surface area contributed by atoms with Crippen LogP contribution in [0.4, 0.5) is 0 Å². The molecule has 2 aromatic carbocycles. The summed E-state index contributed by atoms with van der Waals surface area (Å²) in [5, 5.41) is 18.5. The third kappa shape index (κ3) is 5.55. The van der Waals surface area contributed by atoms with E-state index in [0.717, 1.165) is 11.0 Å². The molecule has 10 heteroatoms. The summed E-state index contributed by atoms with van der Waals surface area (Å²) in [7, 11) is 0. The molecule has 0 aliphatic rings. The summed E-state index contributed by atoms with van der Waals surface area (Å²) in [6.45, 7) is 3.75. The Morgan fingerprint density at radius 2 is 1.62 bits per heavy atom. The predicted octanol–water partition coefficient (Wildman–Crippen LogP) is 4.56. The molecule has 1 N–H and O–H groups in total. The first-order valence-corrected chi connectivity index (χ1v) is 11.0. The van der Waals surface area contributed by atoms with Crippen molar-refractivity contribution in [3.8, 4) is 23.1 Å². The molecule has 2 aromatic heterocycles. The zero-order valence-electron chi connectivity index (χ0n) is 18.6. The summed E-state index contributed by atoms with van der Waals surface area (Å²) in [6.07, 6.45) is 2.11. The number of carbonyl (C=O) groups is 1. The molecule has 0 atom stereocenters. The standard InChI is InChI=1S/C24H23ClN4O5/c1-24(2,23(30)31)34-18-10-8-17(9-11-18)32-12-5-13-33-22-21(14-16(25)15-26-22)29-27-19-6-3-4-7-20(19)28-29/h3-4,6-11,14-15H,5,12-13H2,1-2H3,(H,30,31). The Kier molecular flexibility index (Phi) is 6.83. The predicted molar refractivity (Wildman–Crippen MR) is 126 cm³/mol. The third-order valence-corrected chi connectivity index (χ3v) is 5.02. The van der Waals surface area contributed by atoms with Crippen molar-refractivity contribution in [3.63, 3.8) is 0 Å². The van der Waals surface area contributed by atoms with Crippen LogP contribution in [0.2, 0.25) is 5.02 Å². The zero-order chi connectivity index (χ0) is 24.1. The fourth-order valence-electron chi connectivity index (χ4n) is 3.00. The van der Waals surface area contributed by atoms with Crippen LogP contribution >= 0.6 is 11.6 Å². The van der Waals surface area contributed by atoms with Crippen LogP contribution in [0.5, 0.6) is 17.4 Å². The number of carboxylic acid groups (broad SMARTS) is 1. The topological polar surface area (TPSA) is 109 Å². The maximum absolute atomic E-state index is 11.2. The third-order valence-electron chi connectivity index (χ3n) is 4.81. The molecule has 0 amide bonds. The molecule has 176 valence electrons. The molecule has 4 aromatic rings. The number of halogens is 1. The number of hydrogen-bond donors (Lipinski definition) is 1. The number of pyridine rings is 1. The van der Waals surface area contributed by atoms with E-state index in [-0.39, 0.29) is 0 Å². The lowest BCUT2D eigenvalue weighted by atomic mass is 10.1. The van der Waals surface area contributed by atoms with Gasteiger partial charge in [-0.2, -0.15) is 0 Å². The van der Waals surface area contributed by atoms with Gasteiger partial charge in [0, 0.05) is 12.6 Å². The van der Waals surface area contributed by atoms with E-state index < -0.39 is 11.6 Å². The number of hydrogen-bond acceptors (Lipinski definition) is 7. The molecule has 2 heterocycles. The Morgan fingerprint density at radius 1 is 1.00 bits per heavy atom. The summed E-state index contributed by atoms with van der Waals surface area (Å²) in [5.41, 5.74) is 0.742. The highest BCUT2D eigenvalue weighted by atomic mass is 35.5. The molecular weight excluding hydrogens is 460 g/mol. The molecule has 0 radical (unpaired) electrons. The highest BCUT2D eigenvalue weighted by Gasteiger charge is 2.29. The van der Waals surface area contributed by atoms with Gasteiger partial charge in [0.15, 0.2) is 5.60 Å². The normalized spacial score (nSPS) is 11.4. The van der Waals surface area contributed by atoms with Crippen LogP contribution in [0.1, 0.15) is 20.3 Å². The maximum atomic E-state index is 11.2. The molecule has 0 aliphatic heterocycles. The Morgan fingerprint density at radius 3 is 2.26 bits per heavy atom. The summed E-state index contributed by atoms with van der Waals surface area (Å²) >= 11 is 6.13. The maximum Gasteiger partial charge on any atom is 0.347 e. The number of aliphatic carboxylic acids is 1. The number of carboxylic acids is 1. The van der Waals surface area contributed by atoms with Gasteiger partial charge in [-0.3, -0.25) is 0 Å². The van der Waals surface area contributed by atoms with E-state index in [2.05, 4.69) is 15.2 Å². The fraction of sp³-hybridized carbons (Fsp3) is 0.250. The van der Waals surface area contributed by atoms with E-state index in [0.29, 0.717) is 47.7 Å². The smallest absolute Gasteiger partial charge is 0.347 e. The average Bonchev–Trinajstić information content (AvgIpc) is 3.24. The number of benzene rings is 2. The second-order valence-electron chi connectivity index (χ2n) is 7.90. The van der Waals surface area contributed by atoms with Gasteiger partial charge in [-0.25, -0.2) is 9.78 Å². The molecule has 0 aliphatic carbocycles. The first-order valence-electron chi connectivity index (χ1n) is 10.6. The van der Waals surface area contributed by atoms with Crippen molar-refractivity contribution in [3.05, 3.63) is 65.8 Å². The number of ether oxygens (including phenoxy) is 3. The number of nitrogens with zero attached hydrogens (tertiary/aromatic N) is 4. The van der Waals surface area contributed by atoms with Gasteiger partial charge in [0.05, 0.1) is 18.2 Å². The average molecular weight is 483 g/mol. The monoisotopic (exact) mass is 482 g/mol. The SMILES string of the molecule is CC(C)(Oc1ccc(OCCCOc2ncc(Cl)cc2-n2nc3ccccc3n2)cc1)C(=O)O. The van der Waals surface area contributed by atoms with Crippen molar-refractivity contribution in [2.75, 3.05) is 13.2 Å². The minimum atomic E-state index is -1.31. The molecule has 0 saturated heterocycles. The van der Waals surface area contributed by atoms with Crippen LogP contribution in [0.25, 0.3) is 16.7 Å². The van der Waals surface area contributed by atoms with Crippen LogP contribution in [0, 0.1) is 0 Å². The Labute approximate surface area is 200 Å². The van der Waals surface area contributed by atoms with Crippen molar-refractivity contribution in [2.45, 2.75) is 25.9 Å². The number of fused-ring (bicyclic) bond motifs is 1. The number of aromatic nitrogens is 4. The lowest BCUT2D eigenvalue weighted by molar-refractivity contribution is -0.152. The summed E-state index contributed by atoms with van der Waals surface area (Å²) in [6, 6.07) is 16.0. The minimum absolute atomic E-state index is 0.358. The van der Waals surface area contributed by atoms with E-state index in [4.69, 9.17) is 30.9 Å². The van der Waals surface area contributed by atoms with Gasteiger partial charge in [-0.1, -0.05) is 23.7 Å². The lowest BCUT2D eigenvalue weighted by Gasteiger charge is -2.21. The Balaban J connectivity index is 1.31. The highest BCUT2D eigenvalue weighted by molar-refractivity contribution is 6.30. The molecular formula is C24H23ClN4O5. The number of rotatable bonds is 10. The lowest BCUT2D eigenvalue weighted by Crippen LogP contribution is -2.37. The quantitative estimate of drug-likeness (QED) is 0.328. The highest BCUT2D eigenvalue weighted by Crippen LogP contribution is 2.25. The molecule has 0 unspecified atom stereocenters. The summed E-state index contributed by atoms with van der Waals surface area (Å²) in [4.78, 5) is 16.9. The Hall–Kier alpha value is -3.85. The van der Waals surface area contributed by atoms with Crippen molar-refractivity contribution >= 4 is 28.6 Å². The first kappa shape index (κ1) is 23.3. The van der Waals surface area contributed by atoms with Crippen LogP contribution in [0.3, 0.4) is 0 Å². The van der Waals surface area contributed by atoms with Crippen molar-refractivity contribution in [1.82, 2.24) is 20.0 Å². The Bertz CT molecular complexity index is 1260. The van der Waals surface area contributed by atoms with Gasteiger partial charge in [-0.05, 0) is 56.3 Å². The van der Waals surface area contributed by atoms with Crippen molar-refractivity contribution in [1.29, 1.82) is 0 Å². The minimum Gasteiger partial charge on any atom is -0.493 e. The van der Waals surface area contributed by atoms with E-state index in [1.54, 1.807) is 30.3 Å². The molecule has 0 spiro atoms. The molecule has 0 fully saturated rings. The van der Waals surface area contributed by atoms with Gasteiger partial charge in [-0.15, -0.1) is 15.0 Å². The van der Waals surface area contributed by atoms with E-state index >= 15 is 0 Å². The molecule has 34 heavy (non-hydrogen) atoms. The van der Waals surface area contributed by atoms with Gasteiger partial charge in [0.1, 0.15) is 28.2 Å². The van der Waals surface area contributed by atoms with Gasteiger partial charge in [0.2, 0.25) is 5.88 Å². The molecule has 9 nitrogen and oxygen atoms in total. The largest absolute Gasteiger partial charge is 0.493 e. The molecule has 4 rings (SSSR count). The zero-order valence-corrected chi connectivity index (χ0v) is 19.4. The van der Waals surface area contributed by atoms with E-state index in [9.17, 15) is 4.79 Å². The molecule has 0 saturated carbocycles. The fourth-order valence-corrected chi connectivity index (χ4v) is 3.15. The van der Waals surface area contributed by atoms with Crippen LogP contribution < -0.4 is 14.2 Å².